The Hall–Kier alpha value is -1.87. The van der Waals surface area contributed by atoms with Crippen LogP contribution in [0.2, 0.25) is 0 Å². The Labute approximate surface area is 153 Å². The molecule has 1 unspecified atom stereocenters. The van der Waals surface area contributed by atoms with Gasteiger partial charge in [-0.15, -0.1) is 0 Å². The van der Waals surface area contributed by atoms with E-state index >= 15 is 0 Å². The first kappa shape index (κ1) is 17.0. The zero-order valence-electron chi connectivity index (χ0n) is 13.2. The standard InChI is InChI=1S/C17H18IN3O3/c1-11-8-12(18)2-4-15(11)19-16-5-3-13(21(23)24)9-17(16)20-7-6-14(22)10-20/h2-5,8-9,14,19,22H,6-7,10H2,1H3. The maximum atomic E-state index is 11.1. The number of aliphatic hydroxyl groups excluding tert-OH is 1. The summed E-state index contributed by atoms with van der Waals surface area (Å²) in [6.45, 7) is 3.19. The molecule has 1 aliphatic rings. The van der Waals surface area contributed by atoms with Crippen molar-refractivity contribution < 1.29 is 10.0 Å². The van der Waals surface area contributed by atoms with Crippen LogP contribution in [-0.4, -0.2) is 29.2 Å². The van der Waals surface area contributed by atoms with Crippen molar-refractivity contribution in [2.75, 3.05) is 23.3 Å². The lowest BCUT2D eigenvalue weighted by Crippen LogP contribution is -2.22. The Morgan fingerprint density at radius 3 is 2.67 bits per heavy atom. The van der Waals surface area contributed by atoms with Crippen molar-refractivity contribution in [3.63, 3.8) is 0 Å². The van der Waals surface area contributed by atoms with Crippen LogP contribution in [0.25, 0.3) is 0 Å². The smallest absolute Gasteiger partial charge is 0.271 e. The van der Waals surface area contributed by atoms with E-state index in [2.05, 4.69) is 34.0 Å². The summed E-state index contributed by atoms with van der Waals surface area (Å²) >= 11 is 2.27. The summed E-state index contributed by atoms with van der Waals surface area (Å²) in [6, 6.07) is 10.9. The molecule has 1 saturated heterocycles. The van der Waals surface area contributed by atoms with Gasteiger partial charge >= 0.3 is 0 Å². The van der Waals surface area contributed by atoms with Crippen molar-refractivity contribution in [1.29, 1.82) is 0 Å². The maximum Gasteiger partial charge on any atom is 0.271 e. The summed E-state index contributed by atoms with van der Waals surface area (Å²) in [5.41, 5.74) is 3.67. The molecule has 0 spiro atoms. The molecule has 1 heterocycles. The minimum Gasteiger partial charge on any atom is -0.391 e. The first-order valence-corrected chi connectivity index (χ1v) is 8.76. The number of nitro groups is 1. The Morgan fingerprint density at radius 1 is 1.29 bits per heavy atom. The molecule has 126 valence electrons. The third-order valence-corrected chi connectivity index (χ3v) is 4.82. The van der Waals surface area contributed by atoms with E-state index < -0.39 is 11.0 Å². The fraction of sp³-hybridized carbons (Fsp3) is 0.294. The van der Waals surface area contributed by atoms with Crippen LogP contribution in [0.4, 0.5) is 22.7 Å². The molecule has 1 atom stereocenters. The van der Waals surface area contributed by atoms with Crippen LogP contribution in [0.1, 0.15) is 12.0 Å². The molecule has 2 aromatic rings. The van der Waals surface area contributed by atoms with Crippen LogP contribution in [-0.2, 0) is 0 Å². The van der Waals surface area contributed by atoms with E-state index in [1.54, 1.807) is 12.1 Å². The molecule has 2 N–H and O–H groups in total. The van der Waals surface area contributed by atoms with Gasteiger partial charge in [0.15, 0.2) is 0 Å². The van der Waals surface area contributed by atoms with Crippen molar-refractivity contribution in [2.24, 2.45) is 0 Å². The van der Waals surface area contributed by atoms with Gasteiger partial charge in [-0.05, 0) is 65.8 Å². The van der Waals surface area contributed by atoms with Crippen molar-refractivity contribution in [3.8, 4) is 0 Å². The molecule has 0 amide bonds. The number of aryl methyl sites for hydroxylation is 1. The third kappa shape index (κ3) is 3.62. The quantitative estimate of drug-likeness (QED) is 0.430. The number of hydrogen-bond donors (Lipinski definition) is 2. The molecule has 0 bridgehead atoms. The van der Waals surface area contributed by atoms with Crippen molar-refractivity contribution in [3.05, 3.63) is 55.6 Å². The number of nitrogens with zero attached hydrogens (tertiary/aromatic N) is 2. The molecule has 3 rings (SSSR count). The second-order valence-electron chi connectivity index (χ2n) is 5.93. The number of halogens is 1. The SMILES string of the molecule is Cc1cc(I)ccc1Nc1ccc([N+](=O)[O-])cc1N1CCC(O)C1. The minimum absolute atomic E-state index is 0.0521. The molecule has 0 aliphatic carbocycles. The molecular weight excluding hydrogens is 421 g/mol. The first-order valence-electron chi connectivity index (χ1n) is 7.68. The minimum atomic E-state index is -0.393. The van der Waals surface area contributed by atoms with E-state index in [-0.39, 0.29) is 5.69 Å². The number of nitrogens with one attached hydrogen (secondary N) is 1. The molecular formula is C17H18IN3O3. The molecule has 1 aliphatic heterocycles. The number of rotatable bonds is 4. The van der Waals surface area contributed by atoms with Gasteiger partial charge in [0.1, 0.15) is 0 Å². The van der Waals surface area contributed by atoms with E-state index in [9.17, 15) is 15.2 Å². The van der Waals surface area contributed by atoms with Gasteiger partial charge in [-0.25, -0.2) is 0 Å². The van der Waals surface area contributed by atoms with Crippen LogP contribution in [0, 0.1) is 20.6 Å². The molecule has 1 fully saturated rings. The van der Waals surface area contributed by atoms with Gasteiger partial charge in [0.2, 0.25) is 0 Å². The molecule has 0 aromatic heterocycles. The van der Waals surface area contributed by atoms with E-state index in [4.69, 9.17) is 0 Å². The first-order chi connectivity index (χ1) is 11.4. The molecule has 2 aromatic carbocycles. The molecule has 24 heavy (non-hydrogen) atoms. The Morgan fingerprint density at radius 2 is 2.04 bits per heavy atom. The number of benzene rings is 2. The van der Waals surface area contributed by atoms with E-state index in [0.29, 0.717) is 19.5 Å². The summed E-state index contributed by atoms with van der Waals surface area (Å²) in [5, 5.41) is 24.3. The molecule has 0 radical (unpaired) electrons. The number of non-ortho nitro benzene ring substituents is 1. The Balaban J connectivity index is 1.98. The van der Waals surface area contributed by atoms with Gasteiger partial charge in [-0.1, -0.05) is 0 Å². The van der Waals surface area contributed by atoms with E-state index in [0.717, 1.165) is 26.2 Å². The van der Waals surface area contributed by atoms with E-state index in [1.807, 2.05) is 24.0 Å². The number of β-amino-alcohol motifs (C(OH)–C–C–N with tert-alkyl or cyclic N) is 1. The number of hydrogen-bond acceptors (Lipinski definition) is 5. The predicted octanol–water partition coefficient (Wildman–Crippen LogP) is 3.82. The van der Waals surface area contributed by atoms with Gasteiger partial charge in [0.05, 0.1) is 22.4 Å². The van der Waals surface area contributed by atoms with Gasteiger partial charge in [-0.3, -0.25) is 10.1 Å². The summed E-state index contributed by atoms with van der Waals surface area (Å²) in [5.74, 6) is 0. The third-order valence-electron chi connectivity index (χ3n) is 4.15. The fourth-order valence-corrected chi connectivity index (χ4v) is 3.52. The zero-order chi connectivity index (χ0) is 17.3. The summed E-state index contributed by atoms with van der Waals surface area (Å²) in [4.78, 5) is 12.7. The lowest BCUT2D eigenvalue weighted by atomic mass is 10.1. The van der Waals surface area contributed by atoms with Gasteiger partial charge < -0.3 is 15.3 Å². The van der Waals surface area contributed by atoms with Crippen LogP contribution in [0.5, 0.6) is 0 Å². The lowest BCUT2D eigenvalue weighted by molar-refractivity contribution is -0.384. The predicted molar refractivity (Wildman–Crippen MR) is 103 cm³/mol. The van der Waals surface area contributed by atoms with Crippen molar-refractivity contribution in [1.82, 2.24) is 0 Å². The largest absolute Gasteiger partial charge is 0.391 e. The van der Waals surface area contributed by atoms with Crippen molar-refractivity contribution >= 4 is 45.3 Å². The van der Waals surface area contributed by atoms with Gasteiger partial charge in [0.25, 0.3) is 5.69 Å². The fourth-order valence-electron chi connectivity index (χ4n) is 2.87. The summed E-state index contributed by atoms with van der Waals surface area (Å²) in [7, 11) is 0. The second-order valence-corrected chi connectivity index (χ2v) is 7.18. The Kier molecular flexibility index (Phi) is 4.91. The van der Waals surface area contributed by atoms with Gasteiger partial charge in [0, 0.05) is 34.5 Å². The molecule has 0 saturated carbocycles. The second kappa shape index (κ2) is 6.94. The maximum absolute atomic E-state index is 11.1. The van der Waals surface area contributed by atoms with Crippen LogP contribution in [0.3, 0.4) is 0 Å². The van der Waals surface area contributed by atoms with Crippen molar-refractivity contribution in [2.45, 2.75) is 19.4 Å². The highest BCUT2D eigenvalue weighted by atomic mass is 127. The lowest BCUT2D eigenvalue weighted by Gasteiger charge is -2.22. The average Bonchev–Trinajstić information content (AvgIpc) is 2.96. The molecule has 7 heteroatoms. The molecule has 6 nitrogen and oxygen atoms in total. The van der Waals surface area contributed by atoms with Crippen LogP contribution in [0.15, 0.2) is 36.4 Å². The van der Waals surface area contributed by atoms with E-state index in [1.165, 1.54) is 6.07 Å². The van der Waals surface area contributed by atoms with Crippen LogP contribution >= 0.6 is 22.6 Å². The zero-order valence-corrected chi connectivity index (χ0v) is 15.4. The summed E-state index contributed by atoms with van der Waals surface area (Å²) < 4.78 is 1.15. The Bertz CT molecular complexity index is 782. The summed E-state index contributed by atoms with van der Waals surface area (Å²) in [6.07, 6.45) is 0.280. The van der Waals surface area contributed by atoms with Gasteiger partial charge in [-0.2, -0.15) is 0 Å². The number of aliphatic hydroxyl groups is 1. The highest BCUT2D eigenvalue weighted by Gasteiger charge is 2.24. The topological polar surface area (TPSA) is 78.6 Å². The number of nitro benzene ring substituents is 1. The highest BCUT2D eigenvalue weighted by Crippen LogP contribution is 2.35. The highest BCUT2D eigenvalue weighted by molar-refractivity contribution is 14.1. The normalized spacial score (nSPS) is 17.1. The van der Waals surface area contributed by atoms with Crippen LogP contribution < -0.4 is 10.2 Å². The number of anilines is 3. The monoisotopic (exact) mass is 439 g/mol. The average molecular weight is 439 g/mol.